The Hall–Kier alpha value is -3.05. The van der Waals surface area contributed by atoms with Gasteiger partial charge in [-0.2, -0.15) is 0 Å². The van der Waals surface area contributed by atoms with Crippen molar-refractivity contribution >= 4 is 33.0 Å². The molecule has 1 atom stereocenters. The van der Waals surface area contributed by atoms with Crippen LogP contribution in [0.2, 0.25) is 0 Å². The van der Waals surface area contributed by atoms with Crippen LogP contribution >= 0.6 is 0 Å². The summed E-state index contributed by atoms with van der Waals surface area (Å²) in [7, 11) is -3.88. The van der Waals surface area contributed by atoms with Gasteiger partial charge in [0, 0.05) is 6.54 Å². The molecule has 0 spiro atoms. The highest BCUT2D eigenvalue weighted by Crippen LogP contribution is 2.19. The quantitative estimate of drug-likeness (QED) is 0.122. The molecule has 11 heteroatoms. The van der Waals surface area contributed by atoms with E-state index < -0.39 is 27.1 Å². The van der Waals surface area contributed by atoms with Gasteiger partial charge in [0.25, 0.3) is 5.96 Å². The summed E-state index contributed by atoms with van der Waals surface area (Å²) in [6, 6.07) is 11.1. The second-order valence-corrected chi connectivity index (χ2v) is 7.40. The Balaban J connectivity index is 1.94. The number of hydrogen-bond donors (Lipinski definition) is 4. The average Bonchev–Trinajstić information content (AvgIpc) is 2.63. The maximum absolute atomic E-state index is 12.5. The van der Waals surface area contributed by atoms with Crippen LogP contribution in [0.15, 0.2) is 47.4 Å². The zero-order valence-corrected chi connectivity index (χ0v) is 15.0. The van der Waals surface area contributed by atoms with Gasteiger partial charge in [-0.1, -0.05) is 35.8 Å². The van der Waals surface area contributed by atoms with Gasteiger partial charge in [0.15, 0.2) is 5.03 Å². The van der Waals surface area contributed by atoms with Crippen LogP contribution < -0.4 is 15.5 Å². The van der Waals surface area contributed by atoms with E-state index in [1.54, 1.807) is 23.6 Å². The second kappa shape index (κ2) is 9.05. The lowest BCUT2D eigenvalue weighted by Gasteiger charge is -2.14. The van der Waals surface area contributed by atoms with E-state index in [2.05, 4.69) is 10.0 Å². The molecule has 27 heavy (non-hydrogen) atoms. The van der Waals surface area contributed by atoms with Gasteiger partial charge in [-0.15, -0.1) is 0 Å². The fourth-order valence-corrected chi connectivity index (χ4v) is 3.66. The van der Waals surface area contributed by atoms with E-state index in [4.69, 9.17) is 5.41 Å². The lowest BCUT2D eigenvalue weighted by molar-refractivity contribution is -0.525. The topological polar surface area (TPSA) is 154 Å². The average molecular weight is 393 g/mol. The highest BCUT2D eigenvalue weighted by atomic mass is 32.2. The summed E-state index contributed by atoms with van der Waals surface area (Å²) in [4.78, 5) is 21.4. The molecule has 10 nitrogen and oxygen atoms in total. The lowest BCUT2D eigenvalue weighted by Crippen LogP contribution is -2.41. The summed E-state index contributed by atoms with van der Waals surface area (Å²) in [5.74, 6) is -0.487. The Morgan fingerprint density at radius 3 is 2.59 bits per heavy atom. The van der Waals surface area contributed by atoms with Crippen molar-refractivity contribution < 1.29 is 18.2 Å². The smallest absolute Gasteiger partial charge is 0.251 e. The molecule has 0 aliphatic rings. The van der Waals surface area contributed by atoms with Gasteiger partial charge < -0.3 is 10.1 Å². The molecule has 1 unspecified atom stereocenters. The van der Waals surface area contributed by atoms with Crippen LogP contribution in [0.5, 0.6) is 0 Å². The molecule has 0 amide bonds. The monoisotopic (exact) mass is 393 g/mol. The number of nitrogens with one attached hydrogen (secondary N) is 4. The molecule has 2 aromatic rings. The highest BCUT2D eigenvalue weighted by Gasteiger charge is 2.20. The molecule has 0 radical (unpaired) electrons. The first kappa shape index (κ1) is 20.3. The molecule has 4 N–H and O–H groups in total. The van der Waals surface area contributed by atoms with E-state index in [1.807, 2.05) is 12.1 Å². The normalized spacial score (nSPS) is 12.3. The number of aldehydes is 1. The van der Waals surface area contributed by atoms with Crippen LogP contribution in [0.4, 0.5) is 0 Å². The maximum atomic E-state index is 12.5. The number of carbonyl (C=O) groups excluding carboxylic acids is 1. The standard InChI is InChI=1S/C16H19N5O5S/c17-16(19-21(23)24)18-9-3-6-14(11-22)20-27(25,26)15-8-7-12-4-1-2-5-13(12)10-15/h1-2,4-5,7-8,10-11,14,20H,3,6,9H2,(H3,17,18,19). The van der Waals surface area contributed by atoms with Crippen molar-refractivity contribution in [3.63, 3.8) is 0 Å². The number of fused-ring (bicyclic) bond motifs is 1. The van der Waals surface area contributed by atoms with E-state index in [1.165, 1.54) is 12.1 Å². The second-order valence-electron chi connectivity index (χ2n) is 5.69. The first-order chi connectivity index (χ1) is 12.8. The number of nitro groups is 1. The highest BCUT2D eigenvalue weighted by molar-refractivity contribution is 7.89. The number of nitrogens with zero attached hydrogens (tertiary/aromatic N) is 1. The first-order valence-electron chi connectivity index (χ1n) is 8.02. The van der Waals surface area contributed by atoms with Crippen molar-refractivity contribution in [1.29, 1.82) is 5.41 Å². The van der Waals surface area contributed by atoms with Gasteiger partial charge in [0.2, 0.25) is 10.0 Å². The first-order valence-corrected chi connectivity index (χ1v) is 9.50. The minimum Gasteiger partial charge on any atom is -0.352 e. The van der Waals surface area contributed by atoms with Crippen molar-refractivity contribution in [3.8, 4) is 0 Å². The summed E-state index contributed by atoms with van der Waals surface area (Å²) in [6.45, 7) is 0.168. The van der Waals surface area contributed by atoms with Crippen molar-refractivity contribution in [2.45, 2.75) is 23.8 Å². The number of guanidine groups is 1. The third-order valence-corrected chi connectivity index (χ3v) is 5.19. The number of hydrogen-bond acceptors (Lipinski definition) is 6. The van der Waals surface area contributed by atoms with Crippen LogP contribution in [0.25, 0.3) is 10.8 Å². The van der Waals surface area contributed by atoms with Gasteiger partial charge in [-0.05, 0) is 35.7 Å². The van der Waals surface area contributed by atoms with E-state index >= 15 is 0 Å². The van der Waals surface area contributed by atoms with E-state index in [0.717, 1.165) is 10.8 Å². The Labute approximate surface area is 155 Å². The summed E-state index contributed by atoms with van der Waals surface area (Å²) in [6.07, 6.45) is 1.000. The molecular weight excluding hydrogens is 374 g/mol. The Morgan fingerprint density at radius 2 is 1.93 bits per heavy atom. The van der Waals surface area contributed by atoms with Gasteiger partial charge >= 0.3 is 0 Å². The Bertz CT molecular complexity index is 947. The zero-order chi connectivity index (χ0) is 19.9. The Kier molecular flexibility index (Phi) is 6.79. The summed E-state index contributed by atoms with van der Waals surface area (Å²) >= 11 is 0. The van der Waals surface area contributed by atoms with E-state index in [-0.39, 0.29) is 17.9 Å². The summed E-state index contributed by atoms with van der Waals surface area (Å²) in [5, 5.41) is 20.6. The molecule has 0 fully saturated rings. The minimum atomic E-state index is -3.88. The lowest BCUT2D eigenvalue weighted by atomic mass is 10.1. The molecule has 144 valence electrons. The number of rotatable bonds is 9. The van der Waals surface area contributed by atoms with Crippen molar-refractivity contribution in [3.05, 3.63) is 52.6 Å². The number of hydrazine groups is 1. The molecule has 2 rings (SSSR count). The van der Waals surface area contributed by atoms with Gasteiger partial charge in [-0.25, -0.2) is 23.3 Å². The molecule has 0 heterocycles. The maximum Gasteiger partial charge on any atom is 0.251 e. The van der Waals surface area contributed by atoms with E-state index in [0.29, 0.717) is 12.7 Å². The van der Waals surface area contributed by atoms with Crippen molar-refractivity contribution in [1.82, 2.24) is 15.5 Å². The molecule has 0 aliphatic heterocycles. The van der Waals surface area contributed by atoms with Crippen LogP contribution in [-0.4, -0.2) is 38.3 Å². The third kappa shape index (κ3) is 6.01. The molecule has 0 saturated heterocycles. The molecule has 0 aliphatic carbocycles. The largest absolute Gasteiger partial charge is 0.352 e. The molecule has 0 aromatic heterocycles. The number of sulfonamides is 1. The molecule has 0 bridgehead atoms. The fourth-order valence-electron chi connectivity index (χ4n) is 2.42. The van der Waals surface area contributed by atoms with Gasteiger partial charge in [-0.3, -0.25) is 5.41 Å². The molecule has 0 saturated carbocycles. The van der Waals surface area contributed by atoms with Crippen LogP contribution in [0.3, 0.4) is 0 Å². The van der Waals surface area contributed by atoms with E-state index in [9.17, 15) is 23.3 Å². The van der Waals surface area contributed by atoms with Crippen molar-refractivity contribution in [2.75, 3.05) is 6.54 Å². The van der Waals surface area contributed by atoms with Crippen LogP contribution in [-0.2, 0) is 14.8 Å². The predicted molar refractivity (Wildman–Crippen MR) is 99.2 cm³/mol. The fraction of sp³-hybridized carbons (Fsp3) is 0.250. The predicted octanol–water partition coefficient (Wildman–Crippen LogP) is 0.771. The number of benzene rings is 2. The SMILES string of the molecule is N=C(NCCCC(C=O)NS(=O)(=O)c1ccc2ccccc2c1)N[N+](=O)[O-]. The summed E-state index contributed by atoms with van der Waals surface area (Å²) in [5.41, 5.74) is 1.63. The third-order valence-electron chi connectivity index (χ3n) is 3.70. The van der Waals surface area contributed by atoms with Crippen LogP contribution in [0.1, 0.15) is 12.8 Å². The summed E-state index contributed by atoms with van der Waals surface area (Å²) < 4.78 is 27.3. The van der Waals surface area contributed by atoms with Crippen molar-refractivity contribution in [2.24, 2.45) is 0 Å². The Morgan fingerprint density at radius 1 is 1.22 bits per heavy atom. The zero-order valence-electron chi connectivity index (χ0n) is 14.2. The molecular formula is C16H19N5O5S. The van der Waals surface area contributed by atoms with Crippen LogP contribution in [0, 0.1) is 15.5 Å². The number of carbonyl (C=O) groups is 1. The van der Waals surface area contributed by atoms with Gasteiger partial charge in [0.05, 0.1) is 10.9 Å². The minimum absolute atomic E-state index is 0.0585. The van der Waals surface area contributed by atoms with Gasteiger partial charge in [0.1, 0.15) is 6.29 Å². The molecule has 2 aromatic carbocycles.